The van der Waals surface area contributed by atoms with Gasteiger partial charge >= 0.3 is 5.97 Å². The minimum atomic E-state index is -1.04. The maximum absolute atomic E-state index is 12.6. The highest BCUT2D eigenvalue weighted by Crippen LogP contribution is 2.34. The number of carbonyl (C=O) groups is 3. The normalized spacial score (nSPS) is 15.8. The summed E-state index contributed by atoms with van der Waals surface area (Å²) in [4.78, 5) is 36.4. The Morgan fingerprint density at radius 2 is 1.89 bits per heavy atom. The number of methoxy groups -OCH3 is 1. The Balaban J connectivity index is 1.91. The number of aryl methyl sites for hydroxylation is 2. The summed E-state index contributed by atoms with van der Waals surface area (Å²) in [6, 6.07) is 7.49. The molecule has 4 N–H and O–H groups in total. The van der Waals surface area contributed by atoms with Crippen molar-refractivity contribution in [3.8, 4) is 11.5 Å². The van der Waals surface area contributed by atoms with E-state index in [2.05, 4.69) is 15.4 Å². The standard InChI is InChI=1S/C20H21N3O5/c1-10-4-5-12(6-11(10)2)28-17-7-13-15(8-14(17)21)22-20(26)16(23-19(13)25)9-18(24)27-3/h4-8,16H,9,21H2,1-3H3,(H,22,26)(H,23,25)/t16-/m0/s1. The van der Waals surface area contributed by atoms with Crippen molar-refractivity contribution in [2.75, 3.05) is 18.2 Å². The fourth-order valence-corrected chi connectivity index (χ4v) is 2.80. The zero-order valence-electron chi connectivity index (χ0n) is 15.8. The van der Waals surface area contributed by atoms with E-state index in [9.17, 15) is 14.4 Å². The number of ether oxygens (including phenoxy) is 2. The third kappa shape index (κ3) is 3.90. The predicted molar refractivity (Wildman–Crippen MR) is 103 cm³/mol. The molecule has 8 heteroatoms. The van der Waals surface area contributed by atoms with Gasteiger partial charge in [-0.2, -0.15) is 0 Å². The molecule has 0 aliphatic carbocycles. The van der Waals surface area contributed by atoms with Crippen molar-refractivity contribution < 1.29 is 23.9 Å². The van der Waals surface area contributed by atoms with Crippen LogP contribution >= 0.6 is 0 Å². The van der Waals surface area contributed by atoms with Crippen molar-refractivity contribution in [2.45, 2.75) is 26.3 Å². The number of hydrogen-bond acceptors (Lipinski definition) is 6. The van der Waals surface area contributed by atoms with Crippen molar-refractivity contribution in [1.29, 1.82) is 0 Å². The first-order chi connectivity index (χ1) is 13.3. The van der Waals surface area contributed by atoms with E-state index in [1.54, 1.807) is 0 Å². The molecule has 0 spiro atoms. The molecule has 1 atom stereocenters. The number of benzene rings is 2. The highest BCUT2D eigenvalue weighted by molar-refractivity contribution is 6.11. The third-order valence-corrected chi connectivity index (χ3v) is 4.58. The van der Waals surface area contributed by atoms with Crippen LogP contribution in [0.5, 0.6) is 11.5 Å². The van der Waals surface area contributed by atoms with E-state index >= 15 is 0 Å². The van der Waals surface area contributed by atoms with Crippen LogP contribution in [0.25, 0.3) is 0 Å². The lowest BCUT2D eigenvalue weighted by molar-refractivity contribution is -0.142. The molecule has 28 heavy (non-hydrogen) atoms. The second-order valence-corrected chi connectivity index (χ2v) is 6.58. The van der Waals surface area contributed by atoms with Gasteiger partial charge in [-0.3, -0.25) is 14.4 Å². The lowest BCUT2D eigenvalue weighted by Crippen LogP contribution is -2.42. The molecule has 0 bridgehead atoms. The number of nitrogen functional groups attached to an aromatic ring is 1. The molecule has 0 radical (unpaired) electrons. The predicted octanol–water partition coefficient (Wildman–Crippen LogP) is 2.29. The van der Waals surface area contributed by atoms with E-state index in [-0.39, 0.29) is 29.1 Å². The Bertz CT molecular complexity index is 971. The van der Waals surface area contributed by atoms with Crippen LogP contribution in [0.3, 0.4) is 0 Å². The number of anilines is 2. The fourth-order valence-electron chi connectivity index (χ4n) is 2.80. The molecule has 3 rings (SSSR count). The molecular weight excluding hydrogens is 362 g/mol. The molecule has 146 valence electrons. The number of nitrogens with two attached hydrogens (primary N) is 1. The maximum atomic E-state index is 12.6. The molecule has 2 aromatic carbocycles. The largest absolute Gasteiger partial charge is 0.469 e. The number of esters is 1. The molecule has 0 saturated carbocycles. The smallest absolute Gasteiger partial charge is 0.308 e. The third-order valence-electron chi connectivity index (χ3n) is 4.58. The van der Waals surface area contributed by atoms with E-state index in [0.717, 1.165) is 11.1 Å². The second kappa shape index (κ2) is 7.59. The number of fused-ring (bicyclic) bond motifs is 1. The van der Waals surface area contributed by atoms with Crippen LogP contribution in [-0.4, -0.2) is 30.9 Å². The monoisotopic (exact) mass is 383 g/mol. The van der Waals surface area contributed by atoms with Gasteiger partial charge in [-0.25, -0.2) is 0 Å². The summed E-state index contributed by atoms with van der Waals surface area (Å²) in [5.41, 5.74) is 8.94. The fraction of sp³-hybridized carbons (Fsp3) is 0.250. The van der Waals surface area contributed by atoms with Crippen molar-refractivity contribution >= 4 is 29.2 Å². The van der Waals surface area contributed by atoms with E-state index in [4.69, 9.17) is 10.5 Å². The van der Waals surface area contributed by atoms with Gasteiger partial charge in [0.25, 0.3) is 5.91 Å². The van der Waals surface area contributed by atoms with Gasteiger partial charge in [0.05, 0.1) is 30.5 Å². The summed E-state index contributed by atoms with van der Waals surface area (Å²) in [7, 11) is 1.21. The van der Waals surface area contributed by atoms with Gasteiger partial charge in [-0.05, 0) is 49.2 Å². The molecule has 0 aromatic heterocycles. The summed E-state index contributed by atoms with van der Waals surface area (Å²) < 4.78 is 10.4. The maximum Gasteiger partial charge on any atom is 0.308 e. The first-order valence-electron chi connectivity index (χ1n) is 8.65. The molecule has 8 nitrogen and oxygen atoms in total. The Morgan fingerprint density at radius 3 is 2.57 bits per heavy atom. The first kappa shape index (κ1) is 19.2. The summed E-state index contributed by atoms with van der Waals surface area (Å²) >= 11 is 0. The summed E-state index contributed by atoms with van der Waals surface area (Å²) in [6.45, 7) is 3.96. The van der Waals surface area contributed by atoms with Crippen molar-refractivity contribution in [3.63, 3.8) is 0 Å². The van der Waals surface area contributed by atoms with Gasteiger partial charge in [-0.15, -0.1) is 0 Å². The lowest BCUT2D eigenvalue weighted by Gasteiger charge is -2.13. The highest BCUT2D eigenvalue weighted by atomic mass is 16.5. The van der Waals surface area contributed by atoms with Crippen molar-refractivity contribution in [3.05, 3.63) is 47.0 Å². The highest BCUT2D eigenvalue weighted by Gasteiger charge is 2.30. The number of nitrogens with one attached hydrogen (secondary N) is 2. The Kier molecular flexibility index (Phi) is 5.21. The molecule has 0 fully saturated rings. The number of carbonyl (C=O) groups excluding carboxylic acids is 3. The van der Waals surface area contributed by atoms with Gasteiger partial charge in [0.1, 0.15) is 11.8 Å². The first-order valence-corrected chi connectivity index (χ1v) is 8.65. The van der Waals surface area contributed by atoms with Gasteiger partial charge in [0, 0.05) is 0 Å². The Morgan fingerprint density at radius 1 is 1.14 bits per heavy atom. The molecule has 1 aliphatic heterocycles. The van der Waals surface area contributed by atoms with Crippen LogP contribution in [0, 0.1) is 13.8 Å². The number of rotatable bonds is 4. The van der Waals surface area contributed by atoms with Crippen LogP contribution in [-0.2, 0) is 14.3 Å². The van der Waals surface area contributed by atoms with E-state index in [1.165, 1.54) is 19.2 Å². The average molecular weight is 383 g/mol. The van der Waals surface area contributed by atoms with Crippen molar-refractivity contribution in [2.24, 2.45) is 0 Å². The van der Waals surface area contributed by atoms with Gasteiger partial charge in [0.15, 0.2) is 5.75 Å². The minimum absolute atomic E-state index is 0.189. The van der Waals surface area contributed by atoms with Crippen LogP contribution < -0.4 is 21.1 Å². The molecule has 1 aliphatic rings. The average Bonchev–Trinajstić information content (AvgIpc) is 2.75. The zero-order chi connectivity index (χ0) is 20.4. The van der Waals surface area contributed by atoms with Crippen LogP contribution in [0.15, 0.2) is 30.3 Å². The Labute approximate surface area is 162 Å². The van der Waals surface area contributed by atoms with Crippen LogP contribution in [0.1, 0.15) is 27.9 Å². The molecule has 2 aromatic rings. The minimum Gasteiger partial charge on any atom is -0.469 e. The van der Waals surface area contributed by atoms with Gasteiger partial charge in [0.2, 0.25) is 5.91 Å². The SMILES string of the molecule is COC(=O)C[C@@H]1NC(=O)c2cc(Oc3ccc(C)c(C)c3)c(N)cc2NC1=O. The van der Waals surface area contributed by atoms with Crippen LogP contribution in [0.2, 0.25) is 0 Å². The zero-order valence-corrected chi connectivity index (χ0v) is 15.8. The molecule has 1 heterocycles. The van der Waals surface area contributed by atoms with Crippen molar-refractivity contribution in [1.82, 2.24) is 5.32 Å². The summed E-state index contributed by atoms with van der Waals surface area (Å²) in [5.74, 6) is -0.786. The quantitative estimate of drug-likeness (QED) is 0.550. The van der Waals surface area contributed by atoms with E-state index in [0.29, 0.717) is 5.75 Å². The Hall–Kier alpha value is -3.55. The lowest BCUT2D eigenvalue weighted by atomic mass is 10.1. The topological polar surface area (TPSA) is 120 Å². The molecule has 0 saturated heterocycles. The van der Waals surface area contributed by atoms with E-state index in [1.807, 2.05) is 32.0 Å². The van der Waals surface area contributed by atoms with Crippen LogP contribution in [0.4, 0.5) is 11.4 Å². The van der Waals surface area contributed by atoms with Gasteiger partial charge < -0.3 is 25.8 Å². The number of hydrogen-bond donors (Lipinski definition) is 3. The summed E-state index contributed by atoms with van der Waals surface area (Å²) in [6.07, 6.45) is -0.274. The summed E-state index contributed by atoms with van der Waals surface area (Å²) in [5, 5.41) is 5.14. The van der Waals surface area contributed by atoms with E-state index < -0.39 is 23.8 Å². The van der Waals surface area contributed by atoms with Gasteiger partial charge in [-0.1, -0.05) is 6.07 Å². The molecule has 2 amide bonds. The second-order valence-electron chi connectivity index (χ2n) is 6.58. The number of amides is 2. The molecular formula is C20H21N3O5. The molecule has 0 unspecified atom stereocenters.